The Bertz CT molecular complexity index is 719. The fourth-order valence-electron chi connectivity index (χ4n) is 1.71. The third kappa shape index (κ3) is 5.38. The molecule has 0 aliphatic heterocycles. The van der Waals surface area contributed by atoms with E-state index < -0.39 is 35.3 Å². The molecule has 1 unspecified atom stereocenters. The fourth-order valence-corrected chi connectivity index (χ4v) is 1.71. The van der Waals surface area contributed by atoms with Gasteiger partial charge in [0, 0.05) is 24.6 Å². The molecular weight excluding hydrogens is 332 g/mol. The van der Waals surface area contributed by atoms with E-state index in [0.29, 0.717) is 6.08 Å². The average molecular weight is 348 g/mol. The van der Waals surface area contributed by atoms with E-state index in [1.165, 1.54) is 12.1 Å². The molecule has 0 aromatic heterocycles. The molecule has 0 radical (unpaired) electrons. The number of hydrogen-bond donors (Lipinski definition) is 0. The maximum absolute atomic E-state index is 12.6. The van der Waals surface area contributed by atoms with Gasteiger partial charge in [0.25, 0.3) is 5.60 Å². The van der Waals surface area contributed by atoms with E-state index >= 15 is 0 Å². The molecular formula is C17H16O8. The van der Waals surface area contributed by atoms with Crippen molar-refractivity contribution in [2.75, 3.05) is 7.11 Å². The minimum Gasteiger partial charge on any atom is -0.466 e. The first kappa shape index (κ1) is 19.8. The van der Waals surface area contributed by atoms with E-state index in [0.717, 1.165) is 27.0 Å². The van der Waals surface area contributed by atoms with Gasteiger partial charge in [-0.3, -0.25) is 9.59 Å². The van der Waals surface area contributed by atoms with E-state index in [1.807, 2.05) is 0 Å². The number of methoxy groups -OCH3 is 1. The van der Waals surface area contributed by atoms with E-state index in [1.54, 1.807) is 18.2 Å². The number of carbonyl (C=O) groups is 5. The highest BCUT2D eigenvalue weighted by atomic mass is 16.6. The zero-order chi connectivity index (χ0) is 19.0. The molecule has 0 heterocycles. The van der Waals surface area contributed by atoms with Crippen molar-refractivity contribution in [3.05, 3.63) is 48.0 Å². The molecule has 8 nitrogen and oxygen atoms in total. The van der Waals surface area contributed by atoms with Gasteiger partial charge in [-0.05, 0) is 6.92 Å². The molecule has 1 rings (SSSR count). The number of Topliss-reactive ketones (excluding diaryl/α,β-unsaturated/α-hetero) is 1. The largest absolute Gasteiger partial charge is 0.466 e. The monoisotopic (exact) mass is 348 g/mol. The van der Waals surface area contributed by atoms with Crippen LogP contribution in [0.5, 0.6) is 0 Å². The molecule has 0 saturated heterocycles. The van der Waals surface area contributed by atoms with Crippen LogP contribution in [0.2, 0.25) is 0 Å². The normalized spacial score (nSPS) is 12.8. The maximum atomic E-state index is 12.6. The summed E-state index contributed by atoms with van der Waals surface area (Å²) in [6.45, 7) is 1.96. The quantitative estimate of drug-likeness (QED) is 0.246. The molecule has 0 fully saturated rings. The third-order valence-corrected chi connectivity index (χ3v) is 2.96. The van der Waals surface area contributed by atoms with Gasteiger partial charge in [0.2, 0.25) is 5.78 Å². The van der Waals surface area contributed by atoms with Gasteiger partial charge in [-0.1, -0.05) is 30.3 Å². The Balaban J connectivity index is 3.15. The summed E-state index contributed by atoms with van der Waals surface area (Å²) in [5.74, 6) is -5.22. The second kappa shape index (κ2) is 8.53. The predicted molar refractivity (Wildman–Crippen MR) is 83.2 cm³/mol. The first-order valence-corrected chi connectivity index (χ1v) is 7.02. The van der Waals surface area contributed by atoms with Gasteiger partial charge in [-0.2, -0.15) is 0 Å². The van der Waals surface area contributed by atoms with Gasteiger partial charge >= 0.3 is 23.9 Å². The first-order chi connectivity index (χ1) is 11.7. The molecule has 25 heavy (non-hydrogen) atoms. The van der Waals surface area contributed by atoms with Crippen LogP contribution in [0.3, 0.4) is 0 Å². The summed E-state index contributed by atoms with van der Waals surface area (Å²) < 4.78 is 13.6. The molecule has 0 N–H and O–H groups in total. The van der Waals surface area contributed by atoms with Crippen molar-refractivity contribution in [3.8, 4) is 0 Å². The van der Waals surface area contributed by atoms with Crippen molar-refractivity contribution < 1.29 is 38.2 Å². The van der Waals surface area contributed by atoms with Crippen molar-refractivity contribution >= 4 is 29.7 Å². The van der Waals surface area contributed by atoms with E-state index in [2.05, 4.69) is 9.47 Å². The number of ketones is 1. The van der Waals surface area contributed by atoms with Crippen molar-refractivity contribution in [3.63, 3.8) is 0 Å². The highest BCUT2D eigenvalue weighted by Crippen LogP contribution is 2.21. The Labute approximate surface area is 143 Å². The lowest BCUT2D eigenvalue weighted by molar-refractivity contribution is -0.176. The number of carbonyl (C=O) groups excluding carboxylic acids is 5. The number of ether oxygens (including phenoxy) is 3. The molecule has 0 bridgehead atoms. The van der Waals surface area contributed by atoms with Crippen LogP contribution in [0.1, 0.15) is 24.2 Å². The minimum absolute atomic E-state index is 0.0650. The number of benzene rings is 1. The zero-order valence-corrected chi connectivity index (χ0v) is 13.8. The lowest BCUT2D eigenvalue weighted by atomic mass is 9.94. The summed E-state index contributed by atoms with van der Waals surface area (Å²) in [5, 5.41) is 0. The second-order valence-electron chi connectivity index (χ2n) is 4.89. The molecule has 0 amide bonds. The van der Waals surface area contributed by atoms with Crippen LogP contribution >= 0.6 is 0 Å². The topological polar surface area (TPSA) is 113 Å². The van der Waals surface area contributed by atoms with Crippen LogP contribution in [0, 0.1) is 0 Å². The van der Waals surface area contributed by atoms with Crippen LogP contribution < -0.4 is 0 Å². The Morgan fingerprint density at radius 1 is 0.960 bits per heavy atom. The van der Waals surface area contributed by atoms with Gasteiger partial charge in [-0.15, -0.1) is 0 Å². The van der Waals surface area contributed by atoms with Gasteiger partial charge in [0.1, 0.15) is 0 Å². The van der Waals surface area contributed by atoms with Crippen LogP contribution in [-0.2, 0) is 33.4 Å². The highest BCUT2D eigenvalue weighted by Gasteiger charge is 2.47. The lowest BCUT2D eigenvalue weighted by Crippen LogP contribution is -2.49. The Morgan fingerprint density at radius 2 is 1.52 bits per heavy atom. The van der Waals surface area contributed by atoms with Gasteiger partial charge in [0.05, 0.1) is 7.11 Å². The number of esters is 4. The van der Waals surface area contributed by atoms with Crippen LogP contribution in [0.25, 0.3) is 0 Å². The number of rotatable bonds is 6. The lowest BCUT2D eigenvalue weighted by Gasteiger charge is -2.24. The first-order valence-electron chi connectivity index (χ1n) is 7.02. The van der Waals surface area contributed by atoms with Crippen molar-refractivity contribution in [1.29, 1.82) is 0 Å². The summed E-state index contributed by atoms with van der Waals surface area (Å²) in [4.78, 5) is 58.6. The standard InChI is InChI=1S/C17H16O8/c1-11(18)24-16(22)17(2,15(21)12-7-5-4-6-8-12)25-14(20)10-9-13(19)23-3/h4-10H,1-3H3. The van der Waals surface area contributed by atoms with E-state index in [9.17, 15) is 24.0 Å². The molecule has 0 saturated carbocycles. The summed E-state index contributed by atoms with van der Waals surface area (Å²) in [6.07, 6.45) is 1.44. The van der Waals surface area contributed by atoms with Crippen molar-refractivity contribution in [2.24, 2.45) is 0 Å². The summed E-state index contributed by atoms with van der Waals surface area (Å²) >= 11 is 0. The zero-order valence-electron chi connectivity index (χ0n) is 13.8. The Hall–Kier alpha value is -3.29. The Kier molecular flexibility index (Phi) is 6.74. The van der Waals surface area contributed by atoms with Gasteiger partial charge in [0.15, 0.2) is 0 Å². The summed E-state index contributed by atoms with van der Waals surface area (Å²) in [7, 11) is 1.10. The fraction of sp³-hybridized carbons (Fsp3) is 0.235. The summed E-state index contributed by atoms with van der Waals surface area (Å²) in [5.41, 5.74) is -2.35. The molecule has 0 aliphatic rings. The van der Waals surface area contributed by atoms with Crippen LogP contribution in [-0.4, -0.2) is 42.4 Å². The summed E-state index contributed by atoms with van der Waals surface area (Å²) in [6, 6.07) is 7.54. The van der Waals surface area contributed by atoms with Crippen molar-refractivity contribution in [1.82, 2.24) is 0 Å². The smallest absolute Gasteiger partial charge is 0.366 e. The molecule has 1 atom stereocenters. The number of hydrogen-bond acceptors (Lipinski definition) is 8. The molecule has 0 aliphatic carbocycles. The predicted octanol–water partition coefficient (Wildman–Crippen LogP) is 0.990. The van der Waals surface area contributed by atoms with Crippen molar-refractivity contribution in [2.45, 2.75) is 19.4 Å². The van der Waals surface area contributed by atoms with Gasteiger partial charge in [-0.25, -0.2) is 14.4 Å². The molecule has 132 valence electrons. The van der Waals surface area contributed by atoms with E-state index in [-0.39, 0.29) is 5.56 Å². The maximum Gasteiger partial charge on any atom is 0.366 e. The molecule has 8 heteroatoms. The second-order valence-corrected chi connectivity index (χ2v) is 4.89. The molecule has 1 aromatic rings. The highest BCUT2D eigenvalue weighted by molar-refractivity contribution is 6.17. The average Bonchev–Trinajstić information content (AvgIpc) is 2.58. The SMILES string of the molecule is COC(=O)C=CC(=O)OC(C)(C(=O)OC(C)=O)C(=O)c1ccccc1. The van der Waals surface area contributed by atoms with Crippen LogP contribution in [0.4, 0.5) is 0 Å². The van der Waals surface area contributed by atoms with Crippen LogP contribution in [0.15, 0.2) is 42.5 Å². The van der Waals surface area contributed by atoms with Gasteiger partial charge < -0.3 is 14.2 Å². The minimum atomic E-state index is -2.41. The van der Waals surface area contributed by atoms with E-state index in [4.69, 9.17) is 4.74 Å². The molecule has 1 aromatic carbocycles. The Morgan fingerprint density at radius 3 is 2.04 bits per heavy atom. The molecule has 0 spiro atoms. The third-order valence-electron chi connectivity index (χ3n) is 2.96.